The largest absolute Gasteiger partial charge is 0.481 e. The summed E-state index contributed by atoms with van der Waals surface area (Å²) in [6.45, 7) is 0. The number of aryl methyl sites for hydroxylation is 1. The highest BCUT2D eigenvalue weighted by molar-refractivity contribution is 7.14. The number of carboxylic acid groups (broad SMARTS) is 1. The first kappa shape index (κ1) is 12.3. The van der Waals surface area contributed by atoms with Crippen molar-refractivity contribution in [3.63, 3.8) is 0 Å². The number of hydrogen-bond donors (Lipinski definition) is 1. The van der Waals surface area contributed by atoms with Crippen LogP contribution in [0.2, 0.25) is 0 Å². The first-order chi connectivity index (χ1) is 8.25. The summed E-state index contributed by atoms with van der Waals surface area (Å²) in [5.74, 6) is -0.719. The second-order valence-electron chi connectivity index (χ2n) is 3.70. The number of aliphatic carboxylic acids is 1. The van der Waals surface area contributed by atoms with Crippen molar-refractivity contribution in [3.05, 3.63) is 27.9 Å². The van der Waals surface area contributed by atoms with Gasteiger partial charge in [-0.1, -0.05) is 6.07 Å². The molecule has 0 amide bonds. The normalized spacial score (nSPS) is 10.6. The molecule has 0 aliphatic rings. The summed E-state index contributed by atoms with van der Waals surface area (Å²) in [6, 6.07) is 4.08. The fraction of sp³-hybridized carbons (Fsp3) is 0.333. The summed E-state index contributed by atoms with van der Waals surface area (Å²) in [7, 11) is 0. The van der Waals surface area contributed by atoms with Crippen LogP contribution in [0.5, 0.6) is 0 Å². The van der Waals surface area contributed by atoms with Crippen LogP contribution in [0.15, 0.2) is 22.9 Å². The molecular formula is C12H13NO2S2. The first-order valence-corrected chi connectivity index (χ1v) is 7.22. The molecule has 2 aromatic rings. The molecule has 0 aliphatic carbocycles. The van der Waals surface area contributed by atoms with Crippen LogP contribution >= 0.6 is 22.7 Å². The van der Waals surface area contributed by atoms with Gasteiger partial charge in [0.25, 0.3) is 0 Å². The molecule has 2 rings (SSSR count). The van der Waals surface area contributed by atoms with Gasteiger partial charge in [0.1, 0.15) is 0 Å². The Morgan fingerprint density at radius 2 is 2.24 bits per heavy atom. The molecule has 0 atom stereocenters. The zero-order valence-corrected chi connectivity index (χ0v) is 10.9. The summed E-state index contributed by atoms with van der Waals surface area (Å²) >= 11 is 3.34. The minimum absolute atomic E-state index is 0.253. The molecule has 2 heterocycles. The van der Waals surface area contributed by atoms with E-state index in [1.165, 1.54) is 4.88 Å². The van der Waals surface area contributed by atoms with Crippen LogP contribution in [0.4, 0.5) is 0 Å². The number of rotatable bonds is 6. The third-order valence-corrected chi connectivity index (χ3v) is 4.16. The third kappa shape index (κ3) is 3.64. The number of carboxylic acids is 1. The number of thiazole rings is 1. The van der Waals surface area contributed by atoms with E-state index in [1.807, 2.05) is 11.4 Å². The molecule has 1 N–H and O–H groups in total. The van der Waals surface area contributed by atoms with Gasteiger partial charge in [0, 0.05) is 11.8 Å². The lowest BCUT2D eigenvalue weighted by molar-refractivity contribution is -0.137. The second-order valence-corrected chi connectivity index (χ2v) is 5.59. The molecule has 0 spiro atoms. The van der Waals surface area contributed by atoms with Gasteiger partial charge in [-0.3, -0.25) is 4.79 Å². The topological polar surface area (TPSA) is 50.2 Å². The van der Waals surface area contributed by atoms with E-state index in [9.17, 15) is 4.79 Å². The second kappa shape index (κ2) is 5.93. The van der Waals surface area contributed by atoms with E-state index in [1.54, 1.807) is 22.7 Å². The van der Waals surface area contributed by atoms with Crippen LogP contribution in [-0.2, 0) is 11.2 Å². The molecule has 0 radical (unpaired) electrons. The maximum atomic E-state index is 10.4. The van der Waals surface area contributed by atoms with E-state index in [4.69, 9.17) is 5.11 Å². The Hall–Kier alpha value is -1.20. The summed E-state index contributed by atoms with van der Waals surface area (Å²) in [4.78, 5) is 16.1. The summed E-state index contributed by atoms with van der Waals surface area (Å²) in [5, 5.41) is 13.7. The lowest BCUT2D eigenvalue weighted by Crippen LogP contribution is -1.94. The fourth-order valence-electron chi connectivity index (χ4n) is 1.52. The molecule has 0 saturated carbocycles. The predicted molar refractivity (Wildman–Crippen MR) is 70.6 cm³/mol. The number of aromatic nitrogens is 1. The van der Waals surface area contributed by atoms with Crippen LogP contribution in [-0.4, -0.2) is 16.1 Å². The van der Waals surface area contributed by atoms with E-state index in [0.717, 1.165) is 30.0 Å². The van der Waals surface area contributed by atoms with E-state index in [-0.39, 0.29) is 6.42 Å². The van der Waals surface area contributed by atoms with Crippen LogP contribution in [0.25, 0.3) is 10.6 Å². The van der Waals surface area contributed by atoms with Crippen LogP contribution in [0, 0.1) is 0 Å². The maximum absolute atomic E-state index is 10.4. The first-order valence-electron chi connectivity index (χ1n) is 5.46. The van der Waals surface area contributed by atoms with Gasteiger partial charge in [-0.15, -0.1) is 22.7 Å². The average Bonchev–Trinajstić information content (AvgIpc) is 2.94. The lowest BCUT2D eigenvalue weighted by atomic mass is 10.2. The molecule has 17 heavy (non-hydrogen) atoms. The number of thiophene rings is 1. The summed E-state index contributed by atoms with van der Waals surface area (Å²) in [5.41, 5.74) is 1.04. The van der Waals surface area contributed by atoms with Gasteiger partial charge in [-0.05, 0) is 30.7 Å². The van der Waals surface area contributed by atoms with Crippen molar-refractivity contribution in [3.8, 4) is 10.6 Å². The Morgan fingerprint density at radius 1 is 1.35 bits per heavy atom. The van der Waals surface area contributed by atoms with Crippen LogP contribution in [0.1, 0.15) is 24.3 Å². The molecular weight excluding hydrogens is 254 g/mol. The Morgan fingerprint density at radius 3 is 2.94 bits per heavy atom. The standard InChI is InChI=1S/C12H13NO2S2/c14-12(15)6-2-1-5-11-13-9(8-17-11)10-4-3-7-16-10/h3-4,7-8H,1-2,5-6H2,(H,14,15). The smallest absolute Gasteiger partial charge is 0.303 e. The van der Waals surface area contributed by atoms with Crippen molar-refractivity contribution in [1.82, 2.24) is 4.98 Å². The predicted octanol–water partition coefficient (Wildman–Crippen LogP) is 3.67. The molecule has 5 heteroatoms. The zero-order chi connectivity index (χ0) is 12.1. The average molecular weight is 267 g/mol. The highest BCUT2D eigenvalue weighted by Crippen LogP contribution is 2.26. The van der Waals surface area contributed by atoms with Gasteiger partial charge in [0.15, 0.2) is 0 Å². The van der Waals surface area contributed by atoms with E-state index in [0.29, 0.717) is 0 Å². The Kier molecular flexibility index (Phi) is 4.28. The molecule has 0 aromatic carbocycles. The van der Waals surface area contributed by atoms with Crippen molar-refractivity contribution in [2.24, 2.45) is 0 Å². The summed E-state index contributed by atoms with van der Waals surface area (Å²) in [6.07, 6.45) is 2.75. The molecule has 2 aromatic heterocycles. The van der Waals surface area contributed by atoms with Gasteiger partial charge >= 0.3 is 5.97 Å². The van der Waals surface area contributed by atoms with Gasteiger partial charge in [-0.2, -0.15) is 0 Å². The monoisotopic (exact) mass is 267 g/mol. The lowest BCUT2D eigenvalue weighted by Gasteiger charge is -1.95. The van der Waals surface area contributed by atoms with Gasteiger partial charge in [0.05, 0.1) is 15.6 Å². The Labute approximate surface area is 108 Å². The van der Waals surface area contributed by atoms with Crippen LogP contribution in [0.3, 0.4) is 0 Å². The number of unbranched alkanes of at least 4 members (excludes halogenated alkanes) is 1. The zero-order valence-electron chi connectivity index (χ0n) is 9.26. The minimum atomic E-state index is -0.719. The van der Waals surface area contributed by atoms with E-state index in [2.05, 4.69) is 16.4 Å². The van der Waals surface area contributed by atoms with Crippen molar-refractivity contribution in [2.45, 2.75) is 25.7 Å². The maximum Gasteiger partial charge on any atom is 0.303 e. The van der Waals surface area contributed by atoms with Crippen molar-refractivity contribution < 1.29 is 9.90 Å². The number of nitrogens with zero attached hydrogens (tertiary/aromatic N) is 1. The quantitative estimate of drug-likeness (QED) is 0.812. The Balaban J connectivity index is 1.84. The molecule has 90 valence electrons. The van der Waals surface area contributed by atoms with Crippen molar-refractivity contribution in [2.75, 3.05) is 0 Å². The fourth-order valence-corrected chi connectivity index (χ4v) is 3.12. The molecule has 0 fully saturated rings. The number of carbonyl (C=O) groups is 1. The molecule has 0 bridgehead atoms. The molecule has 0 saturated heterocycles. The van der Waals surface area contributed by atoms with Gasteiger partial charge in [-0.25, -0.2) is 4.98 Å². The van der Waals surface area contributed by atoms with Crippen molar-refractivity contribution in [1.29, 1.82) is 0 Å². The molecule has 3 nitrogen and oxygen atoms in total. The summed E-state index contributed by atoms with van der Waals surface area (Å²) < 4.78 is 0. The number of hydrogen-bond acceptors (Lipinski definition) is 4. The molecule has 0 aliphatic heterocycles. The van der Waals surface area contributed by atoms with Gasteiger partial charge in [0.2, 0.25) is 0 Å². The SMILES string of the molecule is O=C(O)CCCCc1nc(-c2cccs2)cs1. The highest BCUT2D eigenvalue weighted by Gasteiger charge is 2.05. The highest BCUT2D eigenvalue weighted by atomic mass is 32.1. The molecule has 0 unspecified atom stereocenters. The van der Waals surface area contributed by atoms with Crippen molar-refractivity contribution >= 4 is 28.6 Å². The van der Waals surface area contributed by atoms with Crippen LogP contribution < -0.4 is 0 Å². The van der Waals surface area contributed by atoms with E-state index < -0.39 is 5.97 Å². The third-order valence-electron chi connectivity index (χ3n) is 2.36. The Bertz CT molecular complexity index is 476. The minimum Gasteiger partial charge on any atom is -0.481 e. The van der Waals surface area contributed by atoms with Gasteiger partial charge < -0.3 is 5.11 Å². The van der Waals surface area contributed by atoms with E-state index >= 15 is 0 Å².